The summed E-state index contributed by atoms with van der Waals surface area (Å²) in [6.07, 6.45) is 2.10. The van der Waals surface area contributed by atoms with Crippen LogP contribution in [-0.2, 0) is 20.9 Å². The molecule has 7 nitrogen and oxygen atoms in total. The standard InChI is InChI=1S/C26H26N2O5/c1-27-24(30)22(15-9-16-29)28-25(31)21-14-8-13-20(23(21)26(28)32)12-6-3-7-17-33-18-19-10-4-2-5-11-19/h2,4-5,8,10-11,13-14,16,22H,3,7,9,15,17-18H2,1H3,(H,27,30). The zero-order valence-corrected chi connectivity index (χ0v) is 18.5. The van der Waals surface area contributed by atoms with Gasteiger partial charge in [-0.1, -0.05) is 48.2 Å². The molecule has 1 aliphatic rings. The van der Waals surface area contributed by atoms with Gasteiger partial charge < -0.3 is 14.8 Å². The number of fused-ring (bicyclic) bond motifs is 1. The van der Waals surface area contributed by atoms with Gasteiger partial charge in [-0.3, -0.25) is 19.3 Å². The molecule has 0 saturated carbocycles. The van der Waals surface area contributed by atoms with Crippen molar-refractivity contribution in [2.75, 3.05) is 13.7 Å². The third-order valence-corrected chi connectivity index (χ3v) is 5.29. The lowest BCUT2D eigenvalue weighted by Gasteiger charge is -2.24. The monoisotopic (exact) mass is 446 g/mol. The first-order valence-corrected chi connectivity index (χ1v) is 10.8. The molecule has 0 saturated heterocycles. The Morgan fingerprint density at radius 2 is 1.91 bits per heavy atom. The molecule has 0 fully saturated rings. The van der Waals surface area contributed by atoms with Gasteiger partial charge >= 0.3 is 0 Å². The van der Waals surface area contributed by atoms with Crippen LogP contribution in [0.25, 0.3) is 0 Å². The van der Waals surface area contributed by atoms with Gasteiger partial charge in [-0.2, -0.15) is 0 Å². The Morgan fingerprint density at radius 3 is 2.64 bits per heavy atom. The van der Waals surface area contributed by atoms with Crippen molar-refractivity contribution < 1.29 is 23.9 Å². The number of nitrogens with one attached hydrogen (secondary N) is 1. The third kappa shape index (κ3) is 5.73. The fourth-order valence-corrected chi connectivity index (χ4v) is 3.65. The lowest BCUT2D eigenvalue weighted by molar-refractivity contribution is -0.124. The van der Waals surface area contributed by atoms with E-state index in [4.69, 9.17) is 4.74 Å². The van der Waals surface area contributed by atoms with Crippen molar-refractivity contribution in [3.05, 3.63) is 70.8 Å². The minimum Gasteiger partial charge on any atom is -0.377 e. The molecule has 1 N–H and O–H groups in total. The average molecular weight is 447 g/mol. The van der Waals surface area contributed by atoms with Gasteiger partial charge in [0.2, 0.25) is 5.91 Å². The molecular formula is C26H26N2O5. The van der Waals surface area contributed by atoms with Gasteiger partial charge in [0.15, 0.2) is 0 Å². The van der Waals surface area contributed by atoms with Crippen LogP contribution in [0.1, 0.15) is 57.5 Å². The molecule has 0 aromatic heterocycles. The fourth-order valence-electron chi connectivity index (χ4n) is 3.65. The highest BCUT2D eigenvalue weighted by Gasteiger charge is 2.43. The Morgan fingerprint density at radius 1 is 1.12 bits per heavy atom. The van der Waals surface area contributed by atoms with Crippen LogP contribution < -0.4 is 5.32 Å². The Kier molecular flexibility index (Phi) is 8.50. The van der Waals surface area contributed by atoms with E-state index >= 15 is 0 Å². The summed E-state index contributed by atoms with van der Waals surface area (Å²) >= 11 is 0. The van der Waals surface area contributed by atoms with Crippen LogP contribution in [-0.4, -0.2) is 48.6 Å². The predicted octanol–water partition coefficient (Wildman–Crippen LogP) is 2.72. The molecular weight excluding hydrogens is 420 g/mol. The van der Waals surface area contributed by atoms with Crippen LogP contribution in [0.4, 0.5) is 0 Å². The molecule has 1 aliphatic heterocycles. The van der Waals surface area contributed by atoms with E-state index in [1.165, 1.54) is 7.05 Å². The van der Waals surface area contributed by atoms with Gasteiger partial charge in [0.1, 0.15) is 12.3 Å². The minimum atomic E-state index is -1.05. The predicted molar refractivity (Wildman–Crippen MR) is 122 cm³/mol. The number of hydrogen-bond donors (Lipinski definition) is 1. The second kappa shape index (κ2) is 11.7. The van der Waals surface area contributed by atoms with Gasteiger partial charge in [-0.05, 0) is 30.5 Å². The van der Waals surface area contributed by atoms with E-state index in [2.05, 4.69) is 17.2 Å². The smallest absolute Gasteiger partial charge is 0.263 e. The number of hydrogen-bond acceptors (Lipinski definition) is 5. The number of amides is 3. The van der Waals surface area contributed by atoms with Crippen LogP contribution in [0, 0.1) is 11.8 Å². The Hall–Kier alpha value is -3.76. The van der Waals surface area contributed by atoms with Crippen molar-refractivity contribution in [2.24, 2.45) is 0 Å². The van der Waals surface area contributed by atoms with E-state index in [-0.39, 0.29) is 24.0 Å². The summed E-state index contributed by atoms with van der Waals surface area (Å²) < 4.78 is 5.65. The van der Waals surface area contributed by atoms with Gasteiger partial charge in [0.25, 0.3) is 11.8 Å². The molecule has 2 aromatic rings. The summed E-state index contributed by atoms with van der Waals surface area (Å²) in [6.45, 7) is 1.11. The molecule has 1 heterocycles. The summed E-state index contributed by atoms with van der Waals surface area (Å²) in [6, 6.07) is 13.8. The largest absolute Gasteiger partial charge is 0.377 e. The molecule has 0 spiro atoms. The highest BCUT2D eigenvalue weighted by Crippen LogP contribution is 2.28. The number of benzene rings is 2. The number of nitrogens with zero attached hydrogens (tertiary/aromatic N) is 1. The van der Waals surface area contributed by atoms with E-state index in [0.29, 0.717) is 31.5 Å². The number of carbonyl (C=O) groups is 4. The van der Waals surface area contributed by atoms with Crippen molar-refractivity contribution in [1.29, 1.82) is 0 Å². The van der Waals surface area contributed by atoms with Crippen molar-refractivity contribution in [1.82, 2.24) is 10.2 Å². The zero-order valence-electron chi connectivity index (χ0n) is 18.5. The zero-order chi connectivity index (χ0) is 23.6. The summed E-state index contributed by atoms with van der Waals surface area (Å²) in [5.74, 6) is 4.42. The lowest BCUT2D eigenvalue weighted by atomic mass is 10.0. The maximum atomic E-state index is 13.1. The minimum absolute atomic E-state index is 0.0600. The van der Waals surface area contributed by atoms with Crippen LogP contribution in [0.3, 0.4) is 0 Å². The van der Waals surface area contributed by atoms with Crippen LogP contribution in [0.15, 0.2) is 48.5 Å². The number of unbranched alkanes of at least 4 members (excludes halogenated alkanes) is 1. The third-order valence-electron chi connectivity index (χ3n) is 5.29. The number of aldehydes is 1. The highest BCUT2D eigenvalue weighted by molar-refractivity contribution is 6.23. The van der Waals surface area contributed by atoms with Gasteiger partial charge in [-0.15, -0.1) is 0 Å². The Labute approximate surface area is 193 Å². The molecule has 0 aliphatic carbocycles. The average Bonchev–Trinajstić information content (AvgIpc) is 3.10. The van der Waals surface area contributed by atoms with Gasteiger partial charge in [0.05, 0.1) is 17.7 Å². The van der Waals surface area contributed by atoms with Crippen LogP contribution in [0.5, 0.6) is 0 Å². The topological polar surface area (TPSA) is 92.8 Å². The molecule has 1 unspecified atom stereocenters. The molecule has 1 atom stereocenters. The number of imide groups is 1. The van der Waals surface area contributed by atoms with E-state index in [0.717, 1.165) is 16.9 Å². The summed E-state index contributed by atoms with van der Waals surface area (Å²) in [4.78, 5) is 50.1. The second-order valence-electron chi connectivity index (χ2n) is 7.53. The SMILES string of the molecule is CNC(=O)C(CCC=O)N1C(=O)c2cccc(C#CCCCOCc3ccccc3)c2C1=O. The Balaban J connectivity index is 1.65. The summed E-state index contributed by atoms with van der Waals surface area (Å²) in [7, 11) is 1.43. The number of carbonyl (C=O) groups excluding carboxylic acids is 4. The number of ether oxygens (including phenoxy) is 1. The second-order valence-corrected chi connectivity index (χ2v) is 7.53. The summed E-state index contributed by atoms with van der Waals surface area (Å²) in [5.41, 5.74) is 1.98. The van der Waals surface area contributed by atoms with Crippen LogP contribution >= 0.6 is 0 Å². The van der Waals surface area contributed by atoms with Crippen molar-refractivity contribution in [3.63, 3.8) is 0 Å². The first-order chi connectivity index (χ1) is 16.1. The molecule has 33 heavy (non-hydrogen) atoms. The van der Waals surface area contributed by atoms with Crippen LogP contribution in [0.2, 0.25) is 0 Å². The first-order valence-electron chi connectivity index (χ1n) is 10.8. The molecule has 3 amide bonds. The Bertz CT molecular complexity index is 1080. The van der Waals surface area contributed by atoms with Gasteiger partial charge in [-0.25, -0.2) is 0 Å². The number of likely N-dealkylation sites (N-methyl/N-ethyl adjacent to an activating group) is 1. The van der Waals surface area contributed by atoms with Crippen molar-refractivity contribution >= 4 is 24.0 Å². The van der Waals surface area contributed by atoms with E-state index in [1.54, 1.807) is 18.2 Å². The lowest BCUT2D eigenvalue weighted by Crippen LogP contribution is -2.48. The molecule has 3 rings (SSSR count). The quantitative estimate of drug-likeness (QED) is 0.262. The van der Waals surface area contributed by atoms with E-state index < -0.39 is 23.8 Å². The van der Waals surface area contributed by atoms with E-state index in [1.807, 2.05) is 30.3 Å². The van der Waals surface area contributed by atoms with Gasteiger partial charge in [0, 0.05) is 32.1 Å². The maximum Gasteiger partial charge on any atom is 0.263 e. The maximum absolute atomic E-state index is 13.1. The number of rotatable bonds is 10. The molecule has 0 bridgehead atoms. The van der Waals surface area contributed by atoms with E-state index in [9.17, 15) is 19.2 Å². The molecule has 0 radical (unpaired) electrons. The first kappa shape index (κ1) is 23.9. The van der Waals surface area contributed by atoms with Crippen molar-refractivity contribution in [3.8, 4) is 11.8 Å². The normalized spacial score (nSPS) is 13.2. The molecule has 7 heteroatoms. The van der Waals surface area contributed by atoms with Crippen molar-refractivity contribution in [2.45, 2.75) is 38.3 Å². The highest BCUT2D eigenvalue weighted by atomic mass is 16.5. The molecule has 2 aromatic carbocycles. The summed E-state index contributed by atoms with van der Waals surface area (Å²) in [5, 5.41) is 2.46. The molecule has 170 valence electrons. The fraction of sp³-hybridized carbons (Fsp3) is 0.308.